The molecule has 0 saturated carbocycles. The molecule has 39 heavy (non-hydrogen) atoms. The van der Waals surface area contributed by atoms with E-state index in [4.69, 9.17) is 21.4 Å². The second kappa shape index (κ2) is 13.4. The minimum Gasteiger partial charge on any atom is -0.487 e. The highest BCUT2D eigenvalue weighted by Crippen LogP contribution is 2.36. The van der Waals surface area contributed by atoms with Crippen LogP contribution >= 0.6 is 23.4 Å². The van der Waals surface area contributed by atoms with Crippen molar-refractivity contribution in [2.45, 2.75) is 31.1 Å². The average molecular weight is 564 g/mol. The zero-order valence-electron chi connectivity index (χ0n) is 21.8. The second-order valence-corrected chi connectivity index (χ2v) is 11.0. The molecule has 0 aliphatic heterocycles. The monoisotopic (exact) mass is 563 g/mol. The molecule has 9 heteroatoms. The van der Waals surface area contributed by atoms with Gasteiger partial charge in [-0.25, -0.2) is 4.98 Å². The van der Waals surface area contributed by atoms with Gasteiger partial charge in [0, 0.05) is 41.7 Å². The Balaban J connectivity index is 1.49. The summed E-state index contributed by atoms with van der Waals surface area (Å²) >= 11 is 7.71. The summed E-state index contributed by atoms with van der Waals surface area (Å²) in [4.78, 5) is 34.3. The number of hydrogen-bond donors (Lipinski definition) is 1. The van der Waals surface area contributed by atoms with Gasteiger partial charge in [-0.2, -0.15) is 11.8 Å². The Kier molecular flexibility index (Phi) is 9.79. The third kappa shape index (κ3) is 7.94. The van der Waals surface area contributed by atoms with Crippen molar-refractivity contribution in [3.8, 4) is 5.75 Å². The number of aliphatic carboxylic acids is 1. The summed E-state index contributed by atoms with van der Waals surface area (Å²) in [6.45, 7) is 0.300. The number of carboxylic acid groups (broad SMARTS) is 1. The summed E-state index contributed by atoms with van der Waals surface area (Å²) in [7, 11) is 3.42. The largest absolute Gasteiger partial charge is 0.487 e. The summed E-state index contributed by atoms with van der Waals surface area (Å²) in [5, 5.41) is 10.8. The summed E-state index contributed by atoms with van der Waals surface area (Å²) in [6, 6.07) is 21.1. The van der Waals surface area contributed by atoms with Crippen molar-refractivity contribution in [1.82, 2.24) is 14.9 Å². The quantitative estimate of drug-likeness (QED) is 0.212. The number of carbonyl (C=O) groups is 2. The third-order valence-electron chi connectivity index (χ3n) is 6.14. The Bertz CT molecular complexity index is 1460. The number of rotatable bonds is 12. The van der Waals surface area contributed by atoms with E-state index in [9.17, 15) is 9.59 Å². The number of amides is 1. The standard InChI is InChI=1S/C30H30ClN3O4S/c1-34(2)30(37)29-21(6-4-15-32-29)10-13-27(39-16-14-28(35)36)22-5-3-7-25(17-22)38-19-24-12-9-20-8-11-23(31)18-26(20)33-24/h3-9,11-12,15,17-18,27H,10,13-14,16,19H2,1-2H3,(H,35,36). The highest BCUT2D eigenvalue weighted by Gasteiger charge is 2.18. The van der Waals surface area contributed by atoms with Crippen LogP contribution in [0, 0.1) is 0 Å². The van der Waals surface area contributed by atoms with Gasteiger partial charge in [0.15, 0.2) is 0 Å². The number of aromatic nitrogens is 2. The first-order chi connectivity index (χ1) is 18.8. The zero-order valence-corrected chi connectivity index (χ0v) is 23.4. The van der Waals surface area contributed by atoms with E-state index >= 15 is 0 Å². The first kappa shape index (κ1) is 28.4. The van der Waals surface area contributed by atoms with E-state index in [0.29, 0.717) is 41.7 Å². The molecule has 0 aliphatic carbocycles. The van der Waals surface area contributed by atoms with Crippen LogP contribution in [0.5, 0.6) is 5.75 Å². The summed E-state index contributed by atoms with van der Waals surface area (Å²) in [5.74, 6) is 0.217. The first-order valence-electron chi connectivity index (χ1n) is 12.6. The smallest absolute Gasteiger partial charge is 0.304 e. The highest BCUT2D eigenvalue weighted by atomic mass is 35.5. The van der Waals surface area contributed by atoms with Gasteiger partial charge in [-0.1, -0.05) is 41.9 Å². The summed E-state index contributed by atoms with van der Waals surface area (Å²) in [6.07, 6.45) is 3.04. The van der Waals surface area contributed by atoms with Gasteiger partial charge in [0.1, 0.15) is 18.1 Å². The van der Waals surface area contributed by atoms with Gasteiger partial charge in [-0.05, 0) is 60.4 Å². The van der Waals surface area contributed by atoms with Crippen LogP contribution in [0.2, 0.25) is 5.02 Å². The van der Waals surface area contributed by atoms with Crippen LogP contribution in [0.4, 0.5) is 0 Å². The number of benzene rings is 2. The van der Waals surface area contributed by atoms with Crippen LogP contribution in [0.1, 0.15) is 45.4 Å². The molecular formula is C30H30ClN3O4S. The van der Waals surface area contributed by atoms with Crippen molar-refractivity contribution in [3.63, 3.8) is 0 Å². The molecule has 2 aromatic carbocycles. The maximum Gasteiger partial charge on any atom is 0.304 e. The molecule has 1 amide bonds. The molecule has 0 saturated heterocycles. The van der Waals surface area contributed by atoms with Gasteiger partial charge in [0.2, 0.25) is 0 Å². The average Bonchev–Trinajstić information content (AvgIpc) is 2.93. The number of fused-ring (bicyclic) bond motifs is 1. The molecule has 1 N–H and O–H groups in total. The van der Waals surface area contributed by atoms with E-state index in [1.807, 2.05) is 66.7 Å². The van der Waals surface area contributed by atoms with Crippen LogP contribution in [0.15, 0.2) is 72.9 Å². The second-order valence-electron chi connectivity index (χ2n) is 9.25. The number of halogens is 1. The Morgan fingerprint density at radius 2 is 1.90 bits per heavy atom. The van der Waals surface area contributed by atoms with E-state index < -0.39 is 5.97 Å². The maximum atomic E-state index is 12.6. The lowest BCUT2D eigenvalue weighted by Gasteiger charge is -2.19. The molecule has 0 bridgehead atoms. The van der Waals surface area contributed by atoms with Crippen LogP contribution < -0.4 is 4.74 Å². The Hall–Kier alpha value is -3.62. The van der Waals surface area contributed by atoms with E-state index in [2.05, 4.69) is 9.97 Å². The fraction of sp³-hybridized carbons (Fsp3) is 0.267. The number of ether oxygens (including phenoxy) is 1. The number of carboxylic acids is 1. The molecule has 4 rings (SSSR count). The van der Waals surface area contributed by atoms with Crippen molar-refractivity contribution in [3.05, 3.63) is 100 Å². The minimum atomic E-state index is -0.825. The van der Waals surface area contributed by atoms with Gasteiger partial charge in [0.05, 0.1) is 17.6 Å². The Morgan fingerprint density at radius 1 is 1.08 bits per heavy atom. The lowest BCUT2D eigenvalue weighted by molar-refractivity contribution is -0.136. The van der Waals surface area contributed by atoms with Gasteiger partial charge < -0.3 is 14.7 Å². The van der Waals surface area contributed by atoms with Crippen molar-refractivity contribution in [2.75, 3.05) is 19.8 Å². The zero-order chi connectivity index (χ0) is 27.8. The lowest BCUT2D eigenvalue weighted by Crippen LogP contribution is -2.24. The predicted molar refractivity (Wildman–Crippen MR) is 156 cm³/mol. The molecule has 2 aromatic heterocycles. The molecule has 0 radical (unpaired) electrons. The predicted octanol–water partition coefficient (Wildman–Crippen LogP) is 6.45. The summed E-state index contributed by atoms with van der Waals surface area (Å²) < 4.78 is 6.09. The molecular weight excluding hydrogens is 534 g/mol. The molecule has 1 unspecified atom stereocenters. The molecule has 0 aliphatic rings. The first-order valence-corrected chi connectivity index (χ1v) is 14.0. The Labute approximate surface area is 237 Å². The number of pyridine rings is 2. The van der Waals surface area contributed by atoms with Crippen LogP contribution in [0.25, 0.3) is 10.9 Å². The fourth-order valence-corrected chi connectivity index (χ4v) is 5.51. The van der Waals surface area contributed by atoms with Crippen molar-refractivity contribution in [2.24, 2.45) is 0 Å². The minimum absolute atomic E-state index is 0.0105. The van der Waals surface area contributed by atoms with Crippen molar-refractivity contribution in [1.29, 1.82) is 0 Å². The molecule has 0 fully saturated rings. The normalized spacial score (nSPS) is 11.8. The van der Waals surface area contributed by atoms with E-state index in [1.54, 1.807) is 32.1 Å². The highest BCUT2D eigenvalue weighted by molar-refractivity contribution is 7.99. The third-order valence-corrected chi connectivity index (χ3v) is 7.72. The Morgan fingerprint density at radius 3 is 2.69 bits per heavy atom. The van der Waals surface area contributed by atoms with Crippen molar-refractivity contribution < 1.29 is 19.4 Å². The molecule has 4 aromatic rings. The lowest BCUT2D eigenvalue weighted by atomic mass is 10.0. The van der Waals surface area contributed by atoms with E-state index in [0.717, 1.165) is 27.7 Å². The number of carbonyl (C=O) groups excluding carboxylic acids is 1. The van der Waals surface area contributed by atoms with Crippen LogP contribution in [0.3, 0.4) is 0 Å². The van der Waals surface area contributed by atoms with Gasteiger partial charge >= 0.3 is 5.97 Å². The molecule has 2 heterocycles. The number of aryl methyl sites for hydroxylation is 1. The SMILES string of the molecule is CN(C)C(=O)c1ncccc1CCC(SCCC(=O)O)c1cccc(OCc2ccc3ccc(Cl)cc3n2)c1. The van der Waals surface area contributed by atoms with Gasteiger partial charge in [-0.3, -0.25) is 14.6 Å². The van der Waals surface area contributed by atoms with Crippen molar-refractivity contribution >= 4 is 46.1 Å². The molecule has 7 nitrogen and oxygen atoms in total. The molecule has 202 valence electrons. The van der Waals surface area contributed by atoms with Gasteiger partial charge in [-0.15, -0.1) is 0 Å². The number of thioether (sulfide) groups is 1. The maximum absolute atomic E-state index is 12.6. The van der Waals surface area contributed by atoms with Crippen LogP contribution in [-0.2, 0) is 17.8 Å². The number of hydrogen-bond acceptors (Lipinski definition) is 6. The number of nitrogens with zero attached hydrogens (tertiary/aromatic N) is 3. The van der Waals surface area contributed by atoms with E-state index in [-0.39, 0.29) is 17.6 Å². The topological polar surface area (TPSA) is 92.6 Å². The summed E-state index contributed by atoms with van der Waals surface area (Å²) in [5.41, 5.74) is 3.95. The van der Waals surface area contributed by atoms with Gasteiger partial charge in [0.25, 0.3) is 5.91 Å². The van der Waals surface area contributed by atoms with Crippen LogP contribution in [-0.4, -0.2) is 51.7 Å². The fourth-order valence-electron chi connectivity index (χ4n) is 4.14. The van der Waals surface area contributed by atoms with E-state index in [1.165, 1.54) is 4.90 Å². The molecule has 0 spiro atoms. The molecule has 1 atom stereocenters.